The summed E-state index contributed by atoms with van der Waals surface area (Å²) < 4.78 is 20.5. The summed E-state index contributed by atoms with van der Waals surface area (Å²) >= 11 is 0. The van der Waals surface area contributed by atoms with E-state index in [0.717, 1.165) is 53.5 Å². The normalized spacial score (nSPS) is 13.9. The number of aromatic nitrogens is 6. The molecule has 0 bridgehead atoms. The topological polar surface area (TPSA) is 137 Å². The number of rotatable bonds is 10. The van der Waals surface area contributed by atoms with Gasteiger partial charge in [-0.05, 0) is 87.9 Å². The first-order valence-electron chi connectivity index (χ1n) is 15.8. The van der Waals surface area contributed by atoms with Gasteiger partial charge in [0.15, 0.2) is 5.82 Å². The second-order valence-electron chi connectivity index (χ2n) is 12.2. The van der Waals surface area contributed by atoms with E-state index in [-0.39, 0.29) is 5.91 Å². The second-order valence-corrected chi connectivity index (χ2v) is 12.2. The van der Waals surface area contributed by atoms with Gasteiger partial charge in [0.2, 0.25) is 5.91 Å². The van der Waals surface area contributed by atoms with Gasteiger partial charge in [-0.15, -0.1) is 0 Å². The Labute approximate surface area is 271 Å². The van der Waals surface area contributed by atoms with Crippen molar-refractivity contribution in [3.05, 3.63) is 72.9 Å². The summed E-state index contributed by atoms with van der Waals surface area (Å²) in [6, 6.07) is 14.3. The van der Waals surface area contributed by atoms with E-state index in [1.807, 2.05) is 49.3 Å². The molecule has 7 rings (SSSR count). The minimum Gasteiger partial charge on any atom is -0.492 e. The highest BCUT2D eigenvalue weighted by Gasteiger charge is 2.19. The Balaban J connectivity index is 1.16. The molecule has 0 radical (unpaired) electrons. The van der Waals surface area contributed by atoms with Crippen molar-refractivity contribution in [3.63, 3.8) is 0 Å². The molecule has 0 unspecified atom stereocenters. The van der Waals surface area contributed by atoms with Gasteiger partial charge in [0.05, 0.1) is 28.6 Å². The highest BCUT2D eigenvalue weighted by atomic mass is 19.1. The maximum atomic E-state index is 14.7. The Morgan fingerprint density at radius 2 is 1.87 bits per heavy atom. The minimum atomic E-state index is -0.414. The van der Waals surface area contributed by atoms with Gasteiger partial charge in [-0.2, -0.15) is 5.10 Å². The number of benzene rings is 2. The van der Waals surface area contributed by atoms with E-state index in [4.69, 9.17) is 9.72 Å². The van der Waals surface area contributed by atoms with E-state index in [2.05, 4.69) is 35.8 Å². The number of imidazole rings is 1. The van der Waals surface area contributed by atoms with Gasteiger partial charge in [-0.25, -0.2) is 9.37 Å². The van der Waals surface area contributed by atoms with E-state index < -0.39 is 5.82 Å². The summed E-state index contributed by atoms with van der Waals surface area (Å²) in [6.07, 6.45) is 7.65. The molecule has 11 nitrogen and oxygen atoms in total. The number of carbonyl (C=O) groups is 1. The number of halogens is 1. The summed E-state index contributed by atoms with van der Waals surface area (Å²) in [5.74, 6) is 0.977. The molecule has 1 aliphatic rings. The Morgan fingerprint density at radius 3 is 2.72 bits per heavy atom. The van der Waals surface area contributed by atoms with Crippen LogP contribution in [0.3, 0.4) is 0 Å². The Bertz CT molecular complexity index is 2050. The Kier molecular flexibility index (Phi) is 8.60. The van der Waals surface area contributed by atoms with Crippen LogP contribution >= 0.6 is 0 Å². The van der Waals surface area contributed by atoms with Gasteiger partial charge in [0.1, 0.15) is 29.4 Å². The van der Waals surface area contributed by atoms with Crippen molar-refractivity contribution in [3.8, 4) is 39.7 Å². The molecule has 6 aromatic rings. The number of hydrogen-bond acceptors (Lipinski definition) is 8. The number of carbonyl (C=O) groups excluding carboxylic acids is 1. The molecule has 0 spiro atoms. The quantitative estimate of drug-likeness (QED) is 0.152. The number of hydrogen-bond donors (Lipinski definition) is 4. The lowest BCUT2D eigenvalue weighted by Crippen LogP contribution is -2.30. The second kappa shape index (κ2) is 13.3. The number of nitrogens with one attached hydrogen (secondary N) is 4. The number of amides is 1. The van der Waals surface area contributed by atoms with Gasteiger partial charge in [0, 0.05) is 47.9 Å². The molecule has 0 saturated carbocycles. The molecular formula is C35H36FN9O2. The van der Waals surface area contributed by atoms with Gasteiger partial charge in [0.25, 0.3) is 0 Å². The van der Waals surface area contributed by atoms with E-state index in [1.54, 1.807) is 24.7 Å². The Morgan fingerprint density at radius 1 is 1.00 bits per heavy atom. The summed E-state index contributed by atoms with van der Waals surface area (Å²) in [4.78, 5) is 32.0. The molecule has 12 heteroatoms. The van der Waals surface area contributed by atoms with E-state index in [0.29, 0.717) is 65.2 Å². The highest BCUT2D eigenvalue weighted by molar-refractivity contribution is 5.98. The molecular weight excluding hydrogens is 597 g/mol. The lowest BCUT2D eigenvalue weighted by atomic mass is 9.94. The van der Waals surface area contributed by atoms with Crippen LogP contribution in [0.15, 0.2) is 67.1 Å². The summed E-state index contributed by atoms with van der Waals surface area (Å²) in [5, 5.41) is 14.9. The summed E-state index contributed by atoms with van der Waals surface area (Å²) in [6.45, 7) is 3.06. The maximum absolute atomic E-state index is 14.7. The molecule has 1 saturated heterocycles. The third-order valence-electron chi connectivity index (χ3n) is 8.43. The minimum absolute atomic E-state index is 0.00786. The third kappa shape index (κ3) is 6.83. The number of fused-ring (bicyclic) bond motifs is 2. The van der Waals surface area contributed by atoms with Crippen LogP contribution in [0.1, 0.15) is 19.3 Å². The van der Waals surface area contributed by atoms with Gasteiger partial charge < -0.3 is 25.3 Å². The molecule has 1 amide bonds. The third-order valence-corrected chi connectivity index (χ3v) is 8.43. The lowest BCUT2D eigenvalue weighted by molar-refractivity contribution is -0.117. The average molecular weight is 634 g/mol. The van der Waals surface area contributed by atoms with E-state index >= 15 is 0 Å². The number of H-pyrrole nitrogens is 2. The van der Waals surface area contributed by atoms with Crippen LogP contribution in [0.4, 0.5) is 10.1 Å². The fourth-order valence-electron chi connectivity index (χ4n) is 5.99. The molecule has 1 fully saturated rings. The number of aromatic amines is 2. The molecule has 240 valence electrons. The first kappa shape index (κ1) is 30.5. The number of ether oxygens (including phenoxy) is 1. The summed E-state index contributed by atoms with van der Waals surface area (Å²) in [7, 11) is 3.91. The van der Waals surface area contributed by atoms with Crippen LogP contribution in [0, 0.1) is 11.7 Å². The van der Waals surface area contributed by atoms with Gasteiger partial charge >= 0.3 is 0 Å². The number of anilines is 1. The molecule has 4 aromatic heterocycles. The number of nitrogens with zero attached hydrogens (tertiary/aromatic N) is 5. The van der Waals surface area contributed by atoms with Crippen LogP contribution < -0.4 is 15.4 Å². The molecule has 2 aromatic carbocycles. The van der Waals surface area contributed by atoms with Gasteiger partial charge in [-0.3, -0.25) is 19.9 Å². The zero-order valence-corrected chi connectivity index (χ0v) is 26.3. The number of piperidine rings is 1. The van der Waals surface area contributed by atoms with Crippen LogP contribution in [0.5, 0.6) is 5.75 Å². The van der Waals surface area contributed by atoms with Crippen molar-refractivity contribution in [1.82, 2.24) is 40.3 Å². The van der Waals surface area contributed by atoms with Crippen molar-refractivity contribution >= 4 is 33.5 Å². The standard InChI is InChI=1S/C35H36FN9O2/c1-45(2)11-12-47-27-16-23(14-25(36)18-27)32-34-30(7-10-39-32)41-35(42-34)33-28-17-22(3-4-29(28)43-44-33)24-15-26(20-38-19-24)40-31(46)13-21-5-8-37-9-6-21/h3-4,7,10,14-21,37H,5-6,8-9,11-13H2,1-2H3,(H,40,46)(H,41,42)(H,43,44). The SMILES string of the molecule is CN(C)CCOc1cc(F)cc(-c2nccc3[nH]c(-c4n[nH]c5ccc(-c6cncc(NC(=O)CC7CCNCC7)c6)cc45)nc23)c1. The monoisotopic (exact) mass is 633 g/mol. The predicted molar refractivity (Wildman–Crippen MR) is 180 cm³/mol. The largest absolute Gasteiger partial charge is 0.492 e. The first-order valence-corrected chi connectivity index (χ1v) is 15.8. The summed E-state index contributed by atoms with van der Waals surface area (Å²) in [5.41, 5.74) is 6.36. The highest BCUT2D eigenvalue weighted by Crippen LogP contribution is 2.34. The molecule has 47 heavy (non-hydrogen) atoms. The number of pyridine rings is 2. The molecule has 1 aliphatic heterocycles. The zero-order chi connectivity index (χ0) is 32.3. The van der Waals surface area contributed by atoms with Crippen LogP contribution in [-0.4, -0.2) is 81.3 Å². The molecule has 5 heterocycles. The lowest BCUT2D eigenvalue weighted by Gasteiger charge is -2.21. The average Bonchev–Trinajstić information content (AvgIpc) is 3.69. The van der Waals surface area contributed by atoms with Crippen LogP contribution in [0.2, 0.25) is 0 Å². The van der Waals surface area contributed by atoms with E-state index in [1.165, 1.54) is 12.1 Å². The number of likely N-dealkylation sites (N-methyl/N-ethyl adjacent to an activating group) is 1. The van der Waals surface area contributed by atoms with Crippen molar-refractivity contribution in [2.45, 2.75) is 19.3 Å². The van der Waals surface area contributed by atoms with E-state index in [9.17, 15) is 9.18 Å². The van der Waals surface area contributed by atoms with Crippen molar-refractivity contribution in [2.24, 2.45) is 5.92 Å². The molecule has 0 aliphatic carbocycles. The Hall–Kier alpha value is -5.20. The maximum Gasteiger partial charge on any atom is 0.224 e. The van der Waals surface area contributed by atoms with Crippen LogP contribution in [-0.2, 0) is 4.79 Å². The smallest absolute Gasteiger partial charge is 0.224 e. The first-order chi connectivity index (χ1) is 22.9. The predicted octanol–water partition coefficient (Wildman–Crippen LogP) is 5.64. The fraction of sp³-hybridized carbons (Fsp3) is 0.286. The molecule has 4 N–H and O–H groups in total. The zero-order valence-electron chi connectivity index (χ0n) is 26.3. The van der Waals surface area contributed by atoms with Crippen molar-refractivity contribution in [1.29, 1.82) is 0 Å². The van der Waals surface area contributed by atoms with Crippen molar-refractivity contribution < 1.29 is 13.9 Å². The van der Waals surface area contributed by atoms with Crippen molar-refractivity contribution in [2.75, 3.05) is 45.7 Å². The molecule has 0 atom stereocenters. The van der Waals surface area contributed by atoms with Gasteiger partial charge in [-0.1, -0.05) is 6.07 Å². The fourth-order valence-corrected chi connectivity index (χ4v) is 5.99. The van der Waals surface area contributed by atoms with Crippen LogP contribution in [0.25, 0.3) is 55.8 Å².